The maximum absolute atomic E-state index is 8.69. The second kappa shape index (κ2) is 6.77. The number of nitrogens with zero attached hydrogens (tertiary/aromatic N) is 2. The zero-order chi connectivity index (χ0) is 12.7. The highest BCUT2D eigenvalue weighted by Crippen LogP contribution is 2.12. The molecule has 0 aliphatic heterocycles. The number of nitriles is 1. The number of hydrogen-bond donors (Lipinski definition) is 1. The summed E-state index contributed by atoms with van der Waals surface area (Å²) in [5.41, 5.74) is 6.31. The smallest absolute Gasteiger partial charge is 0.119 e. The summed E-state index contributed by atoms with van der Waals surface area (Å²) in [5, 5.41) is 8.69. The standard InChI is InChI=1S/C13H19N3O/c1-11(9-14)10-16(2)7-8-17-13-5-3-12(15)4-6-13/h3-6,11H,7-8,10,15H2,1-2H3. The fourth-order valence-electron chi connectivity index (χ4n) is 1.48. The molecule has 0 aromatic heterocycles. The predicted molar refractivity (Wildman–Crippen MR) is 68.6 cm³/mol. The molecule has 4 heteroatoms. The van der Waals surface area contributed by atoms with Crippen LogP contribution in [0.2, 0.25) is 0 Å². The van der Waals surface area contributed by atoms with Gasteiger partial charge in [-0.2, -0.15) is 5.26 Å². The van der Waals surface area contributed by atoms with E-state index in [1.165, 1.54) is 0 Å². The van der Waals surface area contributed by atoms with Crippen molar-refractivity contribution in [3.05, 3.63) is 24.3 Å². The Bertz CT molecular complexity index is 369. The van der Waals surface area contributed by atoms with Crippen LogP contribution in [0.3, 0.4) is 0 Å². The quantitative estimate of drug-likeness (QED) is 0.760. The van der Waals surface area contributed by atoms with Crippen molar-refractivity contribution >= 4 is 5.69 Å². The van der Waals surface area contributed by atoms with Crippen LogP contribution >= 0.6 is 0 Å². The Balaban J connectivity index is 2.24. The Morgan fingerprint density at radius 2 is 2.06 bits per heavy atom. The number of ether oxygens (including phenoxy) is 1. The molecule has 4 nitrogen and oxygen atoms in total. The van der Waals surface area contributed by atoms with Crippen LogP contribution < -0.4 is 10.5 Å². The first-order chi connectivity index (χ1) is 8.11. The topological polar surface area (TPSA) is 62.3 Å². The Morgan fingerprint density at radius 3 is 2.65 bits per heavy atom. The summed E-state index contributed by atoms with van der Waals surface area (Å²) in [6.07, 6.45) is 0. The molecule has 17 heavy (non-hydrogen) atoms. The molecule has 0 saturated carbocycles. The minimum Gasteiger partial charge on any atom is -0.492 e. The maximum Gasteiger partial charge on any atom is 0.119 e. The molecule has 0 radical (unpaired) electrons. The van der Waals surface area contributed by atoms with Gasteiger partial charge in [-0.05, 0) is 38.2 Å². The summed E-state index contributed by atoms with van der Waals surface area (Å²) in [4.78, 5) is 2.09. The second-order valence-corrected chi connectivity index (χ2v) is 4.21. The van der Waals surface area contributed by atoms with Crippen molar-refractivity contribution in [2.75, 3.05) is 32.5 Å². The van der Waals surface area contributed by atoms with Crippen LogP contribution in [0.5, 0.6) is 5.75 Å². The Hall–Kier alpha value is -1.73. The van der Waals surface area contributed by atoms with E-state index in [0.29, 0.717) is 6.61 Å². The SMILES string of the molecule is CC(C#N)CN(C)CCOc1ccc(N)cc1. The molecule has 1 aromatic rings. The van der Waals surface area contributed by atoms with E-state index in [0.717, 1.165) is 24.5 Å². The lowest BCUT2D eigenvalue weighted by Gasteiger charge is -2.17. The highest BCUT2D eigenvalue weighted by Gasteiger charge is 2.04. The zero-order valence-electron chi connectivity index (χ0n) is 10.4. The molecule has 92 valence electrons. The van der Waals surface area contributed by atoms with Gasteiger partial charge in [-0.25, -0.2) is 0 Å². The molecule has 1 aromatic carbocycles. The predicted octanol–water partition coefficient (Wildman–Crippen LogP) is 1.74. The van der Waals surface area contributed by atoms with Crippen molar-refractivity contribution in [1.29, 1.82) is 5.26 Å². The number of anilines is 1. The van der Waals surface area contributed by atoms with Gasteiger partial charge in [0.05, 0.1) is 12.0 Å². The first-order valence-electron chi connectivity index (χ1n) is 5.68. The van der Waals surface area contributed by atoms with Crippen LogP contribution in [0, 0.1) is 17.2 Å². The third-order valence-corrected chi connectivity index (χ3v) is 2.43. The summed E-state index contributed by atoms with van der Waals surface area (Å²) < 4.78 is 5.57. The van der Waals surface area contributed by atoms with Gasteiger partial charge in [0.15, 0.2) is 0 Å². The van der Waals surface area contributed by atoms with Gasteiger partial charge in [0.1, 0.15) is 12.4 Å². The normalized spacial score (nSPS) is 12.1. The summed E-state index contributed by atoms with van der Waals surface area (Å²) in [7, 11) is 1.99. The lowest BCUT2D eigenvalue weighted by atomic mass is 10.2. The number of rotatable bonds is 6. The van der Waals surface area contributed by atoms with Crippen LogP contribution in [0.4, 0.5) is 5.69 Å². The van der Waals surface area contributed by atoms with Crippen LogP contribution in [-0.4, -0.2) is 31.6 Å². The van der Waals surface area contributed by atoms with Crippen molar-refractivity contribution in [1.82, 2.24) is 4.90 Å². The molecule has 2 N–H and O–H groups in total. The minimum atomic E-state index is 0.0523. The van der Waals surface area contributed by atoms with Crippen molar-refractivity contribution in [2.24, 2.45) is 5.92 Å². The van der Waals surface area contributed by atoms with Gasteiger partial charge < -0.3 is 15.4 Å². The van der Waals surface area contributed by atoms with Crippen molar-refractivity contribution < 1.29 is 4.74 Å². The van der Waals surface area contributed by atoms with Gasteiger partial charge in [0.25, 0.3) is 0 Å². The van der Waals surface area contributed by atoms with E-state index >= 15 is 0 Å². The molecule has 0 aliphatic carbocycles. The highest BCUT2D eigenvalue weighted by molar-refractivity contribution is 5.41. The van der Waals surface area contributed by atoms with Crippen molar-refractivity contribution in [3.63, 3.8) is 0 Å². The van der Waals surface area contributed by atoms with E-state index in [4.69, 9.17) is 15.7 Å². The average Bonchev–Trinajstić information content (AvgIpc) is 2.31. The van der Waals surface area contributed by atoms with E-state index in [1.807, 2.05) is 38.2 Å². The summed E-state index contributed by atoms with van der Waals surface area (Å²) in [6.45, 7) is 4.09. The lowest BCUT2D eigenvalue weighted by Crippen LogP contribution is -2.28. The molecule has 0 amide bonds. The number of nitrogen functional groups attached to an aromatic ring is 1. The van der Waals surface area contributed by atoms with E-state index in [9.17, 15) is 0 Å². The zero-order valence-corrected chi connectivity index (χ0v) is 10.4. The molecular formula is C13H19N3O. The van der Waals surface area contributed by atoms with E-state index in [2.05, 4.69) is 11.0 Å². The van der Waals surface area contributed by atoms with Gasteiger partial charge in [-0.3, -0.25) is 0 Å². The summed E-state index contributed by atoms with van der Waals surface area (Å²) in [5.74, 6) is 0.873. The van der Waals surface area contributed by atoms with E-state index in [1.54, 1.807) is 0 Å². The molecule has 0 bridgehead atoms. The van der Waals surface area contributed by atoms with Gasteiger partial charge in [0, 0.05) is 18.8 Å². The fourth-order valence-corrected chi connectivity index (χ4v) is 1.48. The first-order valence-corrected chi connectivity index (χ1v) is 5.68. The molecule has 0 aliphatic rings. The summed E-state index contributed by atoms with van der Waals surface area (Å²) >= 11 is 0. The number of benzene rings is 1. The van der Waals surface area contributed by atoms with Gasteiger partial charge in [-0.1, -0.05) is 0 Å². The van der Waals surface area contributed by atoms with E-state index in [-0.39, 0.29) is 5.92 Å². The van der Waals surface area contributed by atoms with Crippen LogP contribution in [0.1, 0.15) is 6.92 Å². The number of nitrogens with two attached hydrogens (primary N) is 1. The minimum absolute atomic E-state index is 0.0523. The Kier molecular flexibility index (Phi) is 5.31. The van der Waals surface area contributed by atoms with Crippen LogP contribution in [0.25, 0.3) is 0 Å². The van der Waals surface area contributed by atoms with Crippen LogP contribution in [0.15, 0.2) is 24.3 Å². The average molecular weight is 233 g/mol. The molecule has 0 spiro atoms. The van der Waals surface area contributed by atoms with Gasteiger partial charge in [0.2, 0.25) is 0 Å². The molecule has 1 unspecified atom stereocenters. The molecule has 0 fully saturated rings. The third-order valence-electron chi connectivity index (χ3n) is 2.43. The first kappa shape index (κ1) is 13.3. The monoisotopic (exact) mass is 233 g/mol. The largest absolute Gasteiger partial charge is 0.492 e. The Labute approximate surface area is 103 Å². The molecule has 0 heterocycles. The highest BCUT2D eigenvalue weighted by atomic mass is 16.5. The van der Waals surface area contributed by atoms with Crippen molar-refractivity contribution in [3.8, 4) is 11.8 Å². The summed E-state index contributed by atoms with van der Waals surface area (Å²) in [6, 6.07) is 9.56. The van der Waals surface area contributed by atoms with Crippen molar-refractivity contribution in [2.45, 2.75) is 6.92 Å². The van der Waals surface area contributed by atoms with Gasteiger partial charge >= 0.3 is 0 Å². The molecule has 1 rings (SSSR count). The fraction of sp³-hybridized carbons (Fsp3) is 0.462. The number of hydrogen-bond acceptors (Lipinski definition) is 4. The third kappa shape index (κ3) is 5.23. The van der Waals surface area contributed by atoms with Gasteiger partial charge in [-0.15, -0.1) is 0 Å². The second-order valence-electron chi connectivity index (χ2n) is 4.21. The van der Waals surface area contributed by atoms with E-state index < -0.39 is 0 Å². The molecular weight excluding hydrogens is 214 g/mol. The maximum atomic E-state index is 8.69. The number of likely N-dealkylation sites (N-methyl/N-ethyl adjacent to an activating group) is 1. The Morgan fingerprint density at radius 1 is 1.41 bits per heavy atom. The van der Waals surface area contributed by atoms with Crippen LogP contribution in [-0.2, 0) is 0 Å². The molecule has 0 saturated heterocycles. The molecule has 1 atom stereocenters. The lowest BCUT2D eigenvalue weighted by molar-refractivity contribution is 0.228.